The highest BCUT2D eigenvalue weighted by atomic mass is 16.3. The van der Waals surface area contributed by atoms with Crippen LogP contribution in [0.4, 0.5) is 0 Å². The van der Waals surface area contributed by atoms with Crippen molar-refractivity contribution in [1.29, 1.82) is 0 Å². The van der Waals surface area contributed by atoms with Gasteiger partial charge in [0, 0.05) is 0 Å². The first-order valence-electron chi connectivity index (χ1n) is 6.02. The fraction of sp³-hybridized carbons (Fsp3) is 0.571. The van der Waals surface area contributed by atoms with E-state index in [-0.39, 0.29) is 6.10 Å². The van der Waals surface area contributed by atoms with Crippen LogP contribution in [0.15, 0.2) is 30.3 Å². The molecule has 0 aliphatic heterocycles. The Bertz CT molecular complexity index is 255. The van der Waals surface area contributed by atoms with Crippen LogP contribution in [-0.2, 0) is 0 Å². The summed E-state index contributed by atoms with van der Waals surface area (Å²) in [6, 6.07) is 10.00. The minimum Gasteiger partial charge on any atom is -0.388 e. The van der Waals surface area contributed by atoms with Crippen molar-refractivity contribution in [2.24, 2.45) is 5.92 Å². The molecule has 0 aliphatic rings. The van der Waals surface area contributed by atoms with Crippen LogP contribution in [0.3, 0.4) is 0 Å². The zero-order valence-corrected chi connectivity index (χ0v) is 9.82. The van der Waals surface area contributed by atoms with Crippen LogP contribution in [0.2, 0.25) is 0 Å². The molecule has 0 bridgehead atoms. The third-order valence-corrected chi connectivity index (χ3v) is 3.04. The van der Waals surface area contributed by atoms with E-state index in [0.717, 1.165) is 18.4 Å². The van der Waals surface area contributed by atoms with Crippen molar-refractivity contribution in [3.63, 3.8) is 0 Å². The van der Waals surface area contributed by atoms with Gasteiger partial charge in [-0.1, -0.05) is 63.4 Å². The van der Waals surface area contributed by atoms with Crippen molar-refractivity contribution in [3.05, 3.63) is 35.9 Å². The third kappa shape index (κ3) is 3.67. The molecule has 0 saturated carbocycles. The van der Waals surface area contributed by atoms with E-state index in [1.54, 1.807) is 0 Å². The Kier molecular flexibility index (Phi) is 5.41. The number of hydrogen-bond acceptors (Lipinski definition) is 1. The Labute approximate surface area is 93.1 Å². The SMILES string of the molecule is CCCCC(CC)[C@H](O)c1ccccc1. The van der Waals surface area contributed by atoms with Crippen LogP contribution in [0.1, 0.15) is 51.2 Å². The van der Waals surface area contributed by atoms with Gasteiger partial charge >= 0.3 is 0 Å². The molecule has 0 radical (unpaired) electrons. The van der Waals surface area contributed by atoms with Gasteiger partial charge in [0.1, 0.15) is 0 Å². The van der Waals surface area contributed by atoms with E-state index in [9.17, 15) is 5.11 Å². The lowest BCUT2D eigenvalue weighted by atomic mass is 9.89. The smallest absolute Gasteiger partial charge is 0.0818 e. The van der Waals surface area contributed by atoms with E-state index in [0.29, 0.717) is 5.92 Å². The topological polar surface area (TPSA) is 20.2 Å². The molecule has 0 spiro atoms. The number of aliphatic hydroxyl groups is 1. The monoisotopic (exact) mass is 206 g/mol. The summed E-state index contributed by atoms with van der Waals surface area (Å²) in [5.41, 5.74) is 1.06. The zero-order chi connectivity index (χ0) is 11.1. The average Bonchev–Trinajstić information content (AvgIpc) is 2.31. The van der Waals surface area contributed by atoms with Gasteiger partial charge in [0.2, 0.25) is 0 Å². The van der Waals surface area contributed by atoms with E-state index in [2.05, 4.69) is 13.8 Å². The van der Waals surface area contributed by atoms with E-state index < -0.39 is 0 Å². The minimum atomic E-state index is -0.289. The molecule has 0 aliphatic carbocycles. The molecule has 1 aromatic rings. The molecule has 0 heterocycles. The molecule has 0 fully saturated rings. The van der Waals surface area contributed by atoms with Gasteiger partial charge in [0.25, 0.3) is 0 Å². The number of aliphatic hydroxyl groups excluding tert-OH is 1. The van der Waals surface area contributed by atoms with E-state index in [1.807, 2.05) is 30.3 Å². The van der Waals surface area contributed by atoms with Crippen molar-refractivity contribution in [2.75, 3.05) is 0 Å². The van der Waals surface area contributed by atoms with Crippen LogP contribution in [0.25, 0.3) is 0 Å². The highest BCUT2D eigenvalue weighted by Crippen LogP contribution is 2.28. The van der Waals surface area contributed by atoms with Crippen LogP contribution < -0.4 is 0 Å². The van der Waals surface area contributed by atoms with Crippen molar-refractivity contribution in [2.45, 2.75) is 45.6 Å². The second kappa shape index (κ2) is 6.62. The first-order chi connectivity index (χ1) is 7.29. The average molecular weight is 206 g/mol. The second-order valence-electron chi connectivity index (χ2n) is 4.17. The van der Waals surface area contributed by atoms with E-state index in [1.165, 1.54) is 12.8 Å². The van der Waals surface area contributed by atoms with Gasteiger partial charge in [0.15, 0.2) is 0 Å². The lowest BCUT2D eigenvalue weighted by Gasteiger charge is -2.21. The first-order valence-corrected chi connectivity index (χ1v) is 6.02. The Morgan fingerprint density at radius 3 is 2.33 bits per heavy atom. The van der Waals surface area contributed by atoms with E-state index >= 15 is 0 Å². The lowest BCUT2D eigenvalue weighted by Crippen LogP contribution is -2.11. The molecule has 1 nitrogen and oxygen atoms in total. The molecule has 15 heavy (non-hydrogen) atoms. The predicted molar refractivity (Wildman–Crippen MR) is 64.7 cm³/mol. The van der Waals surface area contributed by atoms with Crippen LogP contribution in [0, 0.1) is 5.92 Å². The highest BCUT2D eigenvalue weighted by molar-refractivity contribution is 5.17. The Morgan fingerprint density at radius 2 is 1.80 bits per heavy atom. The van der Waals surface area contributed by atoms with Crippen LogP contribution >= 0.6 is 0 Å². The molecule has 0 amide bonds. The second-order valence-corrected chi connectivity index (χ2v) is 4.17. The number of benzene rings is 1. The maximum Gasteiger partial charge on any atom is 0.0818 e. The molecule has 2 atom stereocenters. The molecule has 84 valence electrons. The summed E-state index contributed by atoms with van der Waals surface area (Å²) in [5.74, 6) is 0.410. The standard InChI is InChI=1S/C14H22O/c1-3-5-9-12(4-2)14(15)13-10-7-6-8-11-13/h6-8,10-12,14-15H,3-5,9H2,1-2H3/t12?,14-/m0/s1. The maximum absolute atomic E-state index is 10.2. The summed E-state index contributed by atoms with van der Waals surface area (Å²) in [6.45, 7) is 4.36. The first kappa shape index (κ1) is 12.3. The highest BCUT2D eigenvalue weighted by Gasteiger charge is 2.17. The quantitative estimate of drug-likeness (QED) is 0.747. The third-order valence-electron chi connectivity index (χ3n) is 3.04. The number of hydrogen-bond donors (Lipinski definition) is 1. The molecule has 1 rings (SSSR count). The number of unbranched alkanes of at least 4 members (excludes halogenated alkanes) is 1. The van der Waals surface area contributed by atoms with Gasteiger partial charge in [-0.25, -0.2) is 0 Å². The summed E-state index contributed by atoms with van der Waals surface area (Å²) in [4.78, 5) is 0. The van der Waals surface area contributed by atoms with E-state index in [4.69, 9.17) is 0 Å². The zero-order valence-electron chi connectivity index (χ0n) is 9.82. The summed E-state index contributed by atoms with van der Waals surface area (Å²) < 4.78 is 0. The van der Waals surface area contributed by atoms with Crippen LogP contribution in [0.5, 0.6) is 0 Å². The largest absolute Gasteiger partial charge is 0.388 e. The molecular formula is C14H22O. The van der Waals surface area contributed by atoms with Gasteiger partial charge in [-0.3, -0.25) is 0 Å². The summed E-state index contributed by atoms with van der Waals surface area (Å²) >= 11 is 0. The molecule has 1 N–H and O–H groups in total. The normalized spacial score (nSPS) is 14.9. The maximum atomic E-state index is 10.2. The van der Waals surface area contributed by atoms with Crippen molar-refractivity contribution >= 4 is 0 Å². The minimum absolute atomic E-state index is 0.289. The Morgan fingerprint density at radius 1 is 1.13 bits per heavy atom. The molecule has 0 aromatic heterocycles. The van der Waals surface area contributed by atoms with Gasteiger partial charge in [0.05, 0.1) is 6.10 Å². The van der Waals surface area contributed by atoms with Gasteiger partial charge < -0.3 is 5.11 Å². The predicted octanol–water partition coefficient (Wildman–Crippen LogP) is 3.94. The van der Waals surface area contributed by atoms with Gasteiger partial charge in [-0.15, -0.1) is 0 Å². The molecule has 1 unspecified atom stereocenters. The summed E-state index contributed by atoms with van der Waals surface area (Å²) in [5, 5.41) is 10.2. The van der Waals surface area contributed by atoms with Crippen molar-refractivity contribution in [3.8, 4) is 0 Å². The lowest BCUT2D eigenvalue weighted by molar-refractivity contribution is 0.0989. The van der Waals surface area contributed by atoms with Gasteiger partial charge in [-0.2, -0.15) is 0 Å². The van der Waals surface area contributed by atoms with Crippen molar-refractivity contribution < 1.29 is 5.11 Å². The summed E-state index contributed by atoms with van der Waals surface area (Å²) in [6.07, 6.45) is 4.31. The Balaban J connectivity index is 2.60. The van der Waals surface area contributed by atoms with Crippen molar-refractivity contribution in [1.82, 2.24) is 0 Å². The Hall–Kier alpha value is -0.820. The fourth-order valence-electron chi connectivity index (χ4n) is 1.97. The van der Waals surface area contributed by atoms with Crippen LogP contribution in [-0.4, -0.2) is 5.11 Å². The summed E-state index contributed by atoms with van der Waals surface area (Å²) in [7, 11) is 0. The molecule has 1 aromatic carbocycles. The molecule has 0 saturated heterocycles. The number of rotatable bonds is 6. The fourth-order valence-corrected chi connectivity index (χ4v) is 1.97. The van der Waals surface area contributed by atoms with Gasteiger partial charge in [-0.05, 0) is 17.9 Å². The molecule has 1 heteroatoms. The molecular weight excluding hydrogens is 184 g/mol.